The SMILES string of the molecule is C#CCCCSc1ncns1. The van der Waals surface area contributed by atoms with Crippen molar-refractivity contribution in [2.75, 3.05) is 5.75 Å². The first-order chi connectivity index (χ1) is 5.43. The van der Waals surface area contributed by atoms with E-state index in [4.69, 9.17) is 6.42 Å². The zero-order chi connectivity index (χ0) is 7.94. The molecule has 1 rings (SSSR count). The van der Waals surface area contributed by atoms with Crippen LogP contribution in [0.4, 0.5) is 0 Å². The fourth-order valence-corrected chi connectivity index (χ4v) is 2.01. The number of thioether (sulfide) groups is 1. The molecule has 0 aliphatic heterocycles. The molecule has 1 aromatic rings. The summed E-state index contributed by atoms with van der Waals surface area (Å²) >= 11 is 3.15. The first-order valence-corrected chi connectivity index (χ1v) is 5.02. The van der Waals surface area contributed by atoms with Gasteiger partial charge in [0.15, 0.2) is 4.34 Å². The van der Waals surface area contributed by atoms with Gasteiger partial charge in [-0.2, -0.15) is 4.37 Å². The van der Waals surface area contributed by atoms with Crippen molar-refractivity contribution in [3.8, 4) is 12.3 Å². The highest BCUT2D eigenvalue weighted by Gasteiger charge is 1.95. The minimum atomic E-state index is 0.853. The second kappa shape index (κ2) is 5.16. The molecule has 58 valence electrons. The Morgan fingerprint density at radius 1 is 1.73 bits per heavy atom. The van der Waals surface area contributed by atoms with Gasteiger partial charge in [-0.1, -0.05) is 11.8 Å². The van der Waals surface area contributed by atoms with Gasteiger partial charge in [-0.25, -0.2) is 4.98 Å². The van der Waals surface area contributed by atoms with Gasteiger partial charge in [-0.3, -0.25) is 0 Å². The molecule has 0 radical (unpaired) electrons. The van der Waals surface area contributed by atoms with Crippen molar-refractivity contribution in [2.45, 2.75) is 17.2 Å². The summed E-state index contributed by atoms with van der Waals surface area (Å²) < 4.78 is 4.92. The molecule has 2 nitrogen and oxygen atoms in total. The molecule has 0 bridgehead atoms. The average molecular weight is 184 g/mol. The molecule has 11 heavy (non-hydrogen) atoms. The van der Waals surface area contributed by atoms with Gasteiger partial charge in [0, 0.05) is 12.2 Å². The van der Waals surface area contributed by atoms with Crippen LogP contribution >= 0.6 is 23.3 Å². The van der Waals surface area contributed by atoms with Crippen molar-refractivity contribution in [3.63, 3.8) is 0 Å². The van der Waals surface area contributed by atoms with Crippen LogP contribution in [0.1, 0.15) is 12.8 Å². The van der Waals surface area contributed by atoms with Crippen LogP contribution in [0.25, 0.3) is 0 Å². The lowest BCUT2D eigenvalue weighted by Crippen LogP contribution is -1.77. The molecule has 0 N–H and O–H groups in total. The standard InChI is InChI=1S/C7H8N2S2/c1-2-3-4-5-10-7-8-6-9-11-7/h1,6H,3-5H2. The second-order valence-corrected chi connectivity index (χ2v) is 3.99. The Morgan fingerprint density at radius 3 is 3.27 bits per heavy atom. The summed E-state index contributed by atoms with van der Waals surface area (Å²) in [4.78, 5) is 4.03. The largest absolute Gasteiger partial charge is 0.216 e. The van der Waals surface area contributed by atoms with Crippen molar-refractivity contribution in [1.82, 2.24) is 9.36 Å². The molecular formula is C7H8N2S2. The van der Waals surface area contributed by atoms with Gasteiger partial charge in [0.25, 0.3) is 0 Å². The van der Waals surface area contributed by atoms with Crippen LogP contribution in [-0.2, 0) is 0 Å². The minimum Gasteiger partial charge on any atom is -0.216 e. The molecule has 0 saturated heterocycles. The predicted octanol–water partition coefficient (Wildman–Crippen LogP) is 2.04. The number of hydrogen-bond donors (Lipinski definition) is 0. The summed E-state index contributed by atoms with van der Waals surface area (Å²) in [6, 6.07) is 0. The van der Waals surface area contributed by atoms with Gasteiger partial charge < -0.3 is 0 Å². The van der Waals surface area contributed by atoms with Crippen LogP contribution in [0.5, 0.6) is 0 Å². The van der Waals surface area contributed by atoms with E-state index in [1.165, 1.54) is 11.5 Å². The fraction of sp³-hybridized carbons (Fsp3) is 0.429. The third-order valence-corrected chi connectivity index (χ3v) is 2.92. The van der Waals surface area contributed by atoms with E-state index in [1.54, 1.807) is 18.1 Å². The number of terminal acetylenes is 1. The Labute approximate surface area is 74.6 Å². The van der Waals surface area contributed by atoms with Gasteiger partial charge in [-0.05, 0) is 18.0 Å². The van der Waals surface area contributed by atoms with Gasteiger partial charge in [0.05, 0.1) is 0 Å². The molecule has 0 amide bonds. The number of nitrogens with zero attached hydrogens (tertiary/aromatic N) is 2. The second-order valence-electron chi connectivity index (χ2n) is 1.86. The molecule has 0 unspecified atom stereocenters. The molecule has 1 aromatic heterocycles. The maximum Gasteiger partial charge on any atom is 0.169 e. The molecule has 4 heteroatoms. The number of hydrogen-bond acceptors (Lipinski definition) is 4. The Balaban J connectivity index is 2.10. The summed E-state index contributed by atoms with van der Waals surface area (Å²) in [6.45, 7) is 0. The van der Waals surface area contributed by atoms with E-state index in [9.17, 15) is 0 Å². The first kappa shape index (κ1) is 8.57. The van der Waals surface area contributed by atoms with E-state index < -0.39 is 0 Å². The number of aromatic nitrogens is 2. The molecular weight excluding hydrogens is 176 g/mol. The quantitative estimate of drug-likeness (QED) is 0.407. The Hall–Kier alpha value is -0.530. The van der Waals surface area contributed by atoms with Crippen LogP contribution in [0.3, 0.4) is 0 Å². The molecule has 0 atom stereocenters. The average Bonchev–Trinajstić information content (AvgIpc) is 2.50. The van der Waals surface area contributed by atoms with Gasteiger partial charge in [-0.15, -0.1) is 12.3 Å². The third-order valence-electron chi connectivity index (χ3n) is 1.03. The van der Waals surface area contributed by atoms with E-state index in [0.717, 1.165) is 22.9 Å². The van der Waals surface area contributed by atoms with E-state index in [2.05, 4.69) is 15.3 Å². The molecule has 0 saturated carbocycles. The van der Waals surface area contributed by atoms with Crippen LogP contribution in [0, 0.1) is 12.3 Å². The first-order valence-electron chi connectivity index (χ1n) is 3.26. The summed E-state index contributed by atoms with van der Waals surface area (Å²) in [7, 11) is 0. The van der Waals surface area contributed by atoms with Crippen molar-refractivity contribution in [2.24, 2.45) is 0 Å². The summed E-state index contributed by atoms with van der Waals surface area (Å²) in [5, 5.41) is 0. The van der Waals surface area contributed by atoms with Crippen molar-refractivity contribution in [1.29, 1.82) is 0 Å². The highest BCUT2D eigenvalue weighted by atomic mass is 32.2. The Morgan fingerprint density at radius 2 is 2.64 bits per heavy atom. The highest BCUT2D eigenvalue weighted by molar-refractivity contribution is 8.00. The Kier molecular flexibility index (Phi) is 4.02. The van der Waals surface area contributed by atoms with E-state index in [1.807, 2.05) is 0 Å². The summed E-state index contributed by atoms with van der Waals surface area (Å²) in [6.07, 6.45) is 8.59. The predicted molar refractivity (Wildman–Crippen MR) is 48.7 cm³/mol. The Bertz CT molecular complexity index is 225. The monoisotopic (exact) mass is 184 g/mol. The molecule has 0 aliphatic carbocycles. The van der Waals surface area contributed by atoms with Crippen molar-refractivity contribution in [3.05, 3.63) is 6.33 Å². The zero-order valence-corrected chi connectivity index (χ0v) is 7.62. The molecule has 0 spiro atoms. The van der Waals surface area contributed by atoms with Crippen molar-refractivity contribution < 1.29 is 0 Å². The molecule has 0 fully saturated rings. The number of rotatable bonds is 4. The zero-order valence-electron chi connectivity index (χ0n) is 5.99. The summed E-state index contributed by atoms with van der Waals surface area (Å²) in [5.41, 5.74) is 0. The third kappa shape index (κ3) is 3.40. The van der Waals surface area contributed by atoms with E-state index in [0.29, 0.717) is 0 Å². The topological polar surface area (TPSA) is 25.8 Å². The van der Waals surface area contributed by atoms with Crippen molar-refractivity contribution >= 4 is 23.3 Å². The van der Waals surface area contributed by atoms with Gasteiger partial charge >= 0.3 is 0 Å². The minimum absolute atomic E-state index is 0.853. The van der Waals surface area contributed by atoms with Crippen LogP contribution in [0.15, 0.2) is 10.7 Å². The van der Waals surface area contributed by atoms with Gasteiger partial charge in [0.2, 0.25) is 0 Å². The fourth-order valence-electron chi connectivity index (χ4n) is 0.560. The van der Waals surface area contributed by atoms with E-state index >= 15 is 0 Å². The lowest BCUT2D eigenvalue weighted by molar-refractivity contribution is 0.996. The number of unbranched alkanes of at least 4 members (excludes halogenated alkanes) is 1. The summed E-state index contributed by atoms with van der Waals surface area (Å²) in [5.74, 6) is 3.64. The van der Waals surface area contributed by atoms with Crippen LogP contribution in [0.2, 0.25) is 0 Å². The van der Waals surface area contributed by atoms with Gasteiger partial charge in [0.1, 0.15) is 6.33 Å². The molecule has 0 aromatic carbocycles. The maximum absolute atomic E-state index is 5.10. The van der Waals surface area contributed by atoms with E-state index in [-0.39, 0.29) is 0 Å². The maximum atomic E-state index is 5.10. The van der Waals surface area contributed by atoms with Crippen LogP contribution < -0.4 is 0 Å². The highest BCUT2D eigenvalue weighted by Crippen LogP contribution is 2.18. The van der Waals surface area contributed by atoms with Crippen LogP contribution in [-0.4, -0.2) is 15.1 Å². The molecule has 0 aliphatic rings. The lowest BCUT2D eigenvalue weighted by Gasteiger charge is -1.91. The smallest absolute Gasteiger partial charge is 0.169 e. The normalized spacial score (nSPS) is 9.36. The molecule has 1 heterocycles. The lowest BCUT2D eigenvalue weighted by atomic mass is 10.4.